The van der Waals surface area contributed by atoms with Crippen LogP contribution in [0.5, 0.6) is 5.75 Å². The van der Waals surface area contributed by atoms with Gasteiger partial charge in [0.05, 0.1) is 25.2 Å². The molecule has 1 aliphatic rings. The highest BCUT2D eigenvalue weighted by Gasteiger charge is 2.47. The lowest BCUT2D eigenvalue weighted by molar-refractivity contribution is -0.221. The first-order valence-corrected chi connectivity index (χ1v) is 13.3. The number of esters is 3. The van der Waals surface area contributed by atoms with Gasteiger partial charge in [0.2, 0.25) is 10.3 Å². The fourth-order valence-electron chi connectivity index (χ4n) is 3.64. The van der Waals surface area contributed by atoms with Crippen LogP contribution in [0.4, 0.5) is 5.13 Å². The molecule has 2 aromatic heterocycles. The summed E-state index contributed by atoms with van der Waals surface area (Å²) in [5, 5.41) is 24.8. The van der Waals surface area contributed by atoms with Crippen LogP contribution in [0.2, 0.25) is 0 Å². The lowest BCUT2D eigenvalue weighted by Crippen LogP contribution is -2.59. The van der Waals surface area contributed by atoms with Gasteiger partial charge in [0.25, 0.3) is 0 Å². The largest absolute Gasteiger partial charge is 0.497 e. The maximum atomic E-state index is 11.8. The normalized spacial score (nSPS) is 20.6. The zero-order valence-corrected chi connectivity index (χ0v) is 22.9. The summed E-state index contributed by atoms with van der Waals surface area (Å²) < 4.78 is 28.5. The van der Waals surface area contributed by atoms with Crippen molar-refractivity contribution in [3.63, 3.8) is 0 Å². The molecule has 3 aromatic rings. The molecular formula is C22H25N7O8S2. The Kier molecular flexibility index (Phi) is 9.26. The van der Waals surface area contributed by atoms with E-state index in [0.717, 1.165) is 5.69 Å². The molecule has 0 aliphatic carbocycles. The van der Waals surface area contributed by atoms with Gasteiger partial charge in [0, 0.05) is 20.8 Å². The van der Waals surface area contributed by atoms with Crippen LogP contribution < -0.4 is 10.1 Å². The first-order valence-electron chi connectivity index (χ1n) is 11.5. The summed E-state index contributed by atoms with van der Waals surface area (Å²) in [5.74, 6) is -0.742. The van der Waals surface area contributed by atoms with E-state index in [2.05, 4.69) is 31.0 Å². The van der Waals surface area contributed by atoms with Gasteiger partial charge in [0.1, 0.15) is 10.8 Å². The maximum Gasteiger partial charge on any atom is 0.303 e. The SMILES string of the molecule is COc1ccc(-n2nnnc2SCc2nnc(N[C@@H]3OC[C@@H](OC(C)=O)[C@H](OC(C)=O)[C@H]3OC(C)=O)s2)cc1. The number of carbonyl (C=O) groups excluding carboxylic acids is 3. The lowest BCUT2D eigenvalue weighted by atomic mass is 10.0. The standard InChI is InChI=1S/C22H25N7O8S2/c1-11(30)35-16-9-34-20(19(37-13(3)32)18(16)36-12(2)31)23-21-25-24-17(39-21)10-38-22-26-27-28-29(22)14-5-7-15(33-4)8-6-14/h5-8,16,18-20H,9-10H2,1-4H3,(H,23,25)/t16-,18+,19-,20-/m1/s1. The quantitative estimate of drug-likeness (QED) is 0.207. The highest BCUT2D eigenvalue weighted by atomic mass is 32.2. The van der Waals surface area contributed by atoms with E-state index >= 15 is 0 Å². The van der Waals surface area contributed by atoms with Crippen LogP contribution in [-0.2, 0) is 39.1 Å². The Morgan fingerprint density at radius 1 is 1.03 bits per heavy atom. The zero-order chi connectivity index (χ0) is 27.9. The van der Waals surface area contributed by atoms with Crippen LogP contribution in [0.15, 0.2) is 29.4 Å². The van der Waals surface area contributed by atoms with Gasteiger partial charge in [-0.25, -0.2) is 0 Å². The highest BCUT2D eigenvalue weighted by molar-refractivity contribution is 7.98. The molecule has 3 heterocycles. The van der Waals surface area contributed by atoms with Crippen LogP contribution in [0.1, 0.15) is 25.8 Å². The van der Waals surface area contributed by atoms with Gasteiger partial charge in [-0.05, 0) is 34.7 Å². The zero-order valence-electron chi connectivity index (χ0n) is 21.3. The molecule has 0 radical (unpaired) electrons. The number of methoxy groups -OCH3 is 1. The number of ether oxygens (including phenoxy) is 5. The van der Waals surface area contributed by atoms with Gasteiger partial charge < -0.3 is 29.0 Å². The monoisotopic (exact) mass is 579 g/mol. The average Bonchev–Trinajstić information content (AvgIpc) is 3.55. The fourth-order valence-corrected chi connectivity index (χ4v) is 5.28. The molecule has 0 amide bonds. The molecule has 4 atom stereocenters. The van der Waals surface area contributed by atoms with Crippen LogP contribution >= 0.6 is 23.1 Å². The van der Waals surface area contributed by atoms with Gasteiger partial charge >= 0.3 is 17.9 Å². The van der Waals surface area contributed by atoms with E-state index < -0.39 is 42.4 Å². The Balaban J connectivity index is 1.43. The van der Waals surface area contributed by atoms with E-state index in [9.17, 15) is 14.4 Å². The highest BCUT2D eigenvalue weighted by Crippen LogP contribution is 2.29. The molecule has 0 unspecified atom stereocenters. The van der Waals surface area contributed by atoms with Crippen LogP contribution in [0, 0.1) is 0 Å². The van der Waals surface area contributed by atoms with Crippen molar-refractivity contribution in [2.45, 2.75) is 56.2 Å². The summed E-state index contributed by atoms with van der Waals surface area (Å²) in [6.07, 6.45) is -4.14. The van der Waals surface area contributed by atoms with Crippen molar-refractivity contribution < 1.29 is 38.1 Å². The van der Waals surface area contributed by atoms with Crippen molar-refractivity contribution in [1.29, 1.82) is 0 Å². The van der Waals surface area contributed by atoms with Gasteiger partial charge in [-0.2, -0.15) is 4.68 Å². The lowest BCUT2D eigenvalue weighted by Gasteiger charge is -2.40. The number of anilines is 1. The second-order valence-corrected chi connectivity index (χ2v) is 10.1. The minimum Gasteiger partial charge on any atom is -0.497 e. The molecule has 1 N–H and O–H groups in total. The summed E-state index contributed by atoms with van der Waals surface area (Å²) in [4.78, 5) is 35.1. The molecule has 0 spiro atoms. The van der Waals surface area contributed by atoms with E-state index in [1.807, 2.05) is 24.3 Å². The predicted octanol–water partition coefficient (Wildman–Crippen LogP) is 1.38. The molecule has 4 rings (SSSR count). The van der Waals surface area contributed by atoms with Gasteiger partial charge in [-0.3, -0.25) is 14.4 Å². The molecule has 0 saturated carbocycles. The first kappa shape index (κ1) is 28.2. The second kappa shape index (κ2) is 12.8. The minimum atomic E-state index is -1.12. The second-order valence-electron chi connectivity index (χ2n) is 8.06. The van der Waals surface area contributed by atoms with E-state index in [0.29, 0.717) is 26.8 Å². The molecule has 1 fully saturated rings. The van der Waals surface area contributed by atoms with E-state index in [1.165, 1.54) is 43.9 Å². The Bertz CT molecular complexity index is 1300. The summed E-state index contributed by atoms with van der Waals surface area (Å²) in [6, 6.07) is 7.30. The van der Waals surface area contributed by atoms with Crippen molar-refractivity contribution in [3.05, 3.63) is 29.3 Å². The number of carbonyl (C=O) groups is 3. The fraction of sp³-hybridized carbons (Fsp3) is 0.455. The molecule has 15 nitrogen and oxygen atoms in total. The number of rotatable bonds is 10. The molecule has 0 bridgehead atoms. The van der Waals surface area contributed by atoms with Gasteiger partial charge in [-0.15, -0.1) is 15.3 Å². The Labute approximate surface area is 230 Å². The number of nitrogens with zero attached hydrogens (tertiary/aromatic N) is 6. The Morgan fingerprint density at radius 3 is 2.38 bits per heavy atom. The third kappa shape index (κ3) is 7.39. The molecule has 39 heavy (non-hydrogen) atoms. The Hall–Kier alpha value is -3.83. The van der Waals surface area contributed by atoms with Crippen molar-refractivity contribution in [2.24, 2.45) is 0 Å². The average molecular weight is 580 g/mol. The number of hydrogen-bond donors (Lipinski definition) is 1. The minimum absolute atomic E-state index is 0.109. The predicted molar refractivity (Wildman–Crippen MR) is 135 cm³/mol. The Morgan fingerprint density at radius 2 is 1.72 bits per heavy atom. The van der Waals surface area contributed by atoms with E-state index in [1.54, 1.807) is 11.8 Å². The molecule has 1 aromatic carbocycles. The molecule has 1 saturated heterocycles. The van der Waals surface area contributed by atoms with Crippen molar-refractivity contribution in [3.8, 4) is 11.4 Å². The first-order chi connectivity index (χ1) is 18.7. The summed E-state index contributed by atoms with van der Waals surface area (Å²) in [7, 11) is 1.59. The third-order valence-corrected chi connectivity index (χ3v) is 7.13. The van der Waals surface area contributed by atoms with Crippen LogP contribution in [0.3, 0.4) is 0 Å². The number of hydrogen-bond acceptors (Lipinski definition) is 16. The van der Waals surface area contributed by atoms with E-state index in [-0.39, 0.29) is 6.61 Å². The summed E-state index contributed by atoms with van der Waals surface area (Å²) in [5.41, 5.74) is 0.767. The molecule has 208 valence electrons. The number of tetrazole rings is 1. The smallest absolute Gasteiger partial charge is 0.303 e. The summed E-state index contributed by atoms with van der Waals surface area (Å²) in [6.45, 7) is 3.51. The maximum absolute atomic E-state index is 11.8. The number of thioether (sulfide) groups is 1. The van der Waals surface area contributed by atoms with Crippen LogP contribution in [0.25, 0.3) is 5.69 Å². The van der Waals surface area contributed by atoms with Crippen molar-refractivity contribution in [2.75, 3.05) is 19.0 Å². The number of aromatic nitrogens is 6. The van der Waals surface area contributed by atoms with Gasteiger partial charge in [-0.1, -0.05) is 23.1 Å². The summed E-state index contributed by atoms with van der Waals surface area (Å²) >= 11 is 2.60. The number of benzene rings is 1. The topological polar surface area (TPSA) is 179 Å². The molecular weight excluding hydrogens is 554 g/mol. The number of nitrogens with one attached hydrogen (secondary N) is 1. The molecule has 1 aliphatic heterocycles. The van der Waals surface area contributed by atoms with Gasteiger partial charge in [0.15, 0.2) is 24.5 Å². The van der Waals surface area contributed by atoms with Crippen molar-refractivity contribution >= 4 is 46.1 Å². The van der Waals surface area contributed by atoms with Crippen LogP contribution in [-0.4, -0.2) is 86.6 Å². The van der Waals surface area contributed by atoms with Crippen molar-refractivity contribution in [1.82, 2.24) is 30.4 Å². The third-order valence-electron chi connectivity index (χ3n) is 5.17. The molecule has 17 heteroatoms. The van der Waals surface area contributed by atoms with E-state index in [4.69, 9.17) is 23.7 Å².